The normalized spacial score (nSPS) is 17.5. The highest BCUT2D eigenvalue weighted by Gasteiger charge is 2.02. The number of nitrogens with one attached hydrogen (secondary N) is 1. The SMILES string of the molecule is OCCNCC1=CCCC1. The van der Waals surface area contributed by atoms with Gasteiger partial charge in [0.2, 0.25) is 0 Å². The standard InChI is InChI=1S/C8H15NO/c10-6-5-9-7-8-3-1-2-4-8/h3,9-10H,1-2,4-7H2. The molecule has 2 nitrogen and oxygen atoms in total. The summed E-state index contributed by atoms with van der Waals surface area (Å²) in [4.78, 5) is 0. The highest BCUT2D eigenvalue weighted by molar-refractivity contribution is 5.08. The number of allylic oxidation sites excluding steroid dienone is 1. The van der Waals surface area contributed by atoms with Crippen LogP contribution >= 0.6 is 0 Å². The lowest BCUT2D eigenvalue weighted by Crippen LogP contribution is -2.20. The van der Waals surface area contributed by atoms with Gasteiger partial charge in [-0.15, -0.1) is 0 Å². The van der Waals surface area contributed by atoms with Gasteiger partial charge in [-0.3, -0.25) is 0 Å². The van der Waals surface area contributed by atoms with Crippen molar-refractivity contribution in [1.29, 1.82) is 0 Å². The van der Waals surface area contributed by atoms with E-state index in [1.165, 1.54) is 24.8 Å². The van der Waals surface area contributed by atoms with Crippen molar-refractivity contribution in [3.63, 3.8) is 0 Å². The van der Waals surface area contributed by atoms with Crippen LogP contribution in [0.4, 0.5) is 0 Å². The van der Waals surface area contributed by atoms with E-state index in [2.05, 4.69) is 11.4 Å². The Morgan fingerprint density at radius 2 is 2.50 bits per heavy atom. The lowest BCUT2D eigenvalue weighted by atomic mass is 10.2. The summed E-state index contributed by atoms with van der Waals surface area (Å²) in [7, 11) is 0. The Balaban J connectivity index is 2.01. The first-order valence-corrected chi connectivity index (χ1v) is 3.93. The van der Waals surface area contributed by atoms with E-state index in [0.29, 0.717) is 0 Å². The molecule has 0 saturated carbocycles. The van der Waals surface area contributed by atoms with E-state index in [0.717, 1.165) is 13.1 Å². The minimum Gasteiger partial charge on any atom is -0.395 e. The topological polar surface area (TPSA) is 32.3 Å². The molecule has 0 spiro atoms. The molecule has 2 heteroatoms. The monoisotopic (exact) mass is 141 g/mol. The van der Waals surface area contributed by atoms with Gasteiger partial charge in [0, 0.05) is 13.1 Å². The Morgan fingerprint density at radius 3 is 3.10 bits per heavy atom. The van der Waals surface area contributed by atoms with Crippen molar-refractivity contribution in [1.82, 2.24) is 5.32 Å². The van der Waals surface area contributed by atoms with Crippen LogP contribution in [0.3, 0.4) is 0 Å². The highest BCUT2D eigenvalue weighted by Crippen LogP contribution is 2.15. The average molecular weight is 141 g/mol. The van der Waals surface area contributed by atoms with Crippen molar-refractivity contribution < 1.29 is 5.11 Å². The maximum absolute atomic E-state index is 8.46. The first kappa shape index (κ1) is 7.76. The maximum atomic E-state index is 8.46. The molecule has 0 amide bonds. The van der Waals surface area contributed by atoms with Crippen molar-refractivity contribution in [3.05, 3.63) is 11.6 Å². The number of hydrogen-bond donors (Lipinski definition) is 2. The molecule has 58 valence electrons. The summed E-state index contributed by atoms with van der Waals surface area (Å²) in [5, 5.41) is 11.6. The van der Waals surface area contributed by atoms with Crippen LogP contribution in [0.2, 0.25) is 0 Å². The fraction of sp³-hybridized carbons (Fsp3) is 0.750. The van der Waals surface area contributed by atoms with Gasteiger partial charge in [-0.25, -0.2) is 0 Å². The number of rotatable bonds is 4. The van der Waals surface area contributed by atoms with Crippen LogP contribution in [-0.2, 0) is 0 Å². The first-order valence-electron chi connectivity index (χ1n) is 3.93. The second kappa shape index (κ2) is 4.47. The molecule has 1 aliphatic rings. The molecule has 1 rings (SSSR count). The number of aliphatic hydroxyl groups is 1. The van der Waals surface area contributed by atoms with Crippen LogP contribution in [0.5, 0.6) is 0 Å². The molecule has 0 unspecified atom stereocenters. The molecule has 0 aliphatic heterocycles. The second-order valence-corrected chi connectivity index (χ2v) is 2.65. The quantitative estimate of drug-likeness (QED) is 0.445. The molecule has 10 heavy (non-hydrogen) atoms. The molecule has 0 fully saturated rings. The fourth-order valence-corrected chi connectivity index (χ4v) is 1.23. The van der Waals surface area contributed by atoms with Crippen LogP contribution in [-0.4, -0.2) is 24.8 Å². The lowest BCUT2D eigenvalue weighted by Gasteiger charge is -2.01. The summed E-state index contributed by atoms with van der Waals surface area (Å²) in [5.74, 6) is 0. The van der Waals surface area contributed by atoms with Crippen molar-refractivity contribution >= 4 is 0 Å². The molecular formula is C8H15NO. The zero-order valence-electron chi connectivity index (χ0n) is 6.27. The third-order valence-electron chi connectivity index (χ3n) is 1.78. The van der Waals surface area contributed by atoms with Crippen LogP contribution in [0, 0.1) is 0 Å². The van der Waals surface area contributed by atoms with Gasteiger partial charge in [0.1, 0.15) is 0 Å². The van der Waals surface area contributed by atoms with Gasteiger partial charge in [0.05, 0.1) is 6.61 Å². The second-order valence-electron chi connectivity index (χ2n) is 2.65. The Labute approximate surface area is 61.9 Å². The highest BCUT2D eigenvalue weighted by atomic mass is 16.3. The molecule has 0 heterocycles. The number of hydrogen-bond acceptors (Lipinski definition) is 2. The molecule has 2 N–H and O–H groups in total. The van der Waals surface area contributed by atoms with Crippen LogP contribution in [0.1, 0.15) is 19.3 Å². The molecule has 1 aliphatic carbocycles. The molecule has 0 atom stereocenters. The minimum atomic E-state index is 0.243. The van der Waals surface area contributed by atoms with Crippen molar-refractivity contribution in [2.75, 3.05) is 19.7 Å². The largest absolute Gasteiger partial charge is 0.395 e. The number of aliphatic hydroxyl groups excluding tert-OH is 1. The summed E-state index contributed by atoms with van der Waals surface area (Å²) in [5.41, 5.74) is 1.51. The summed E-state index contributed by atoms with van der Waals surface area (Å²) >= 11 is 0. The van der Waals surface area contributed by atoms with Crippen LogP contribution < -0.4 is 5.32 Å². The maximum Gasteiger partial charge on any atom is 0.0556 e. The molecule has 0 radical (unpaired) electrons. The van der Waals surface area contributed by atoms with E-state index in [4.69, 9.17) is 5.11 Å². The van der Waals surface area contributed by atoms with Crippen molar-refractivity contribution in [2.24, 2.45) is 0 Å². The Morgan fingerprint density at radius 1 is 1.60 bits per heavy atom. The summed E-state index contributed by atoms with van der Waals surface area (Å²) in [6.07, 6.45) is 6.11. The predicted molar refractivity (Wildman–Crippen MR) is 41.9 cm³/mol. The molecule has 0 aromatic heterocycles. The van der Waals surface area contributed by atoms with Gasteiger partial charge in [-0.2, -0.15) is 0 Å². The van der Waals surface area contributed by atoms with E-state index in [-0.39, 0.29) is 6.61 Å². The Kier molecular flexibility index (Phi) is 3.47. The van der Waals surface area contributed by atoms with Crippen molar-refractivity contribution in [2.45, 2.75) is 19.3 Å². The smallest absolute Gasteiger partial charge is 0.0556 e. The van der Waals surface area contributed by atoms with E-state index in [1.807, 2.05) is 0 Å². The van der Waals surface area contributed by atoms with E-state index in [1.54, 1.807) is 0 Å². The summed E-state index contributed by atoms with van der Waals surface area (Å²) in [6.45, 7) is 1.94. The van der Waals surface area contributed by atoms with Crippen LogP contribution in [0.15, 0.2) is 11.6 Å². The molecule has 0 saturated heterocycles. The lowest BCUT2D eigenvalue weighted by molar-refractivity contribution is 0.294. The Bertz CT molecular complexity index is 120. The first-order chi connectivity index (χ1) is 4.93. The van der Waals surface area contributed by atoms with E-state index < -0.39 is 0 Å². The minimum absolute atomic E-state index is 0.243. The summed E-state index contributed by atoms with van der Waals surface area (Å²) < 4.78 is 0. The molecular weight excluding hydrogens is 126 g/mol. The average Bonchev–Trinajstić information content (AvgIpc) is 2.41. The van der Waals surface area contributed by atoms with Crippen LogP contribution in [0.25, 0.3) is 0 Å². The fourth-order valence-electron chi connectivity index (χ4n) is 1.23. The molecule has 0 bridgehead atoms. The zero-order valence-corrected chi connectivity index (χ0v) is 6.27. The van der Waals surface area contributed by atoms with Gasteiger partial charge in [0.15, 0.2) is 0 Å². The molecule has 0 aromatic rings. The van der Waals surface area contributed by atoms with E-state index in [9.17, 15) is 0 Å². The molecule has 0 aromatic carbocycles. The third-order valence-corrected chi connectivity index (χ3v) is 1.78. The predicted octanol–water partition coefficient (Wildman–Crippen LogP) is 0.679. The van der Waals surface area contributed by atoms with Gasteiger partial charge in [-0.1, -0.05) is 11.6 Å². The van der Waals surface area contributed by atoms with Gasteiger partial charge >= 0.3 is 0 Å². The van der Waals surface area contributed by atoms with Gasteiger partial charge in [0.25, 0.3) is 0 Å². The van der Waals surface area contributed by atoms with E-state index >= 15 is 0 Å². The summed E-state index contributed by atoms with van der Waals surface area (Å²) in [6, 6.07) is 0. The third kappa shape index (κ3) is 2.50. The van der Waals surface area contributed by atoms with Crippen molar-refractivity contribution in [3.8, 4) is 0 Å². The van der Waals surface area contributed by atoms with Gasteiger partial charge in [-0.05, 0) is 19.3 Å². The van der Waals surface area contributed by atoms with Gasteiger partial charge < -0.3 is 10.4 Å². The Hall–Kier alpha value is -0.340. The zero-order chi connectivity index (χ0) is 7.23.